The third-order valence-electron chi connectivity index (χ3n) is 4.73. The van der Waals surface area contributed by atoms with Gasteiger partial charge < -0.3 is 14.4 Å². The average molecular weight is 342 g/mol. The van der Waals surface area contributed by atoms with Crippen LogP contribution in [0.5, 0.6) is 0 Å². The van der Waals surface area contributed by atoms with Gasteiger partial charge in [0.1, 0.15) is 5.65 Å². The Morgan fingerprint density at radius 1 is 1.44 bits per heavy atom. The Hall–Kier alpha value is -2.18. The summed E-state index contributed by atoms with van der Waals surface area (Å²) in [6, 6.07) is 5.78. The summed E-state index contributed by atoms with van der Waals surface area (Å²) < 4.78 is 1.98. The quantitative estimate of drug-likeness (QED) is 0.781. The minimum Gasteiger partial charge on any atom is -0.394 e. The molecule has 2 aromatic heterocycles. The number of hydrogen-bond donors (Lipinski definition) is 1. The van der Waals surface area contributed by atoms with Crippen molar-refractivity contribution >= 4 is 11.6 Å². The number of aliphatic hydroxyl groups excluding tert-OH is 1. The third-order valence-corrected chi connectivity index (χ3v) is 4.73. The van der Waals surface area contributed by atoms with Crippen molar-refractivity contribution in [3.05, 3.63) is 47.9 Å². The average Bonchev–Trinajstić information content (AvgIpc) is 3.24. The van der Waals surface area contributed by atoms with Gasteiger partial charge in [0, 0.05) is 32.9 Å². The molecule has 6 heteroatoms. The summed E-state index contributed by atoms with van der Waals surface area (Å²) in [5, 5.41) is 9.55. The minimum atomic E-state index is -0.0418. The summed E-state index contributed by atoms with van der Waals surface area (Å²) in [7, 11) is 1.83. The normalized spacial score (nSPS) is 17.5. The minimum absolute atomic E-state index is 0.00460. The molecule has 1 aliphatic heterocycles. The summed E-state index contributed by atoms with van der Waals surface area (Å²) in [6.07, 6.45) is 8.04. The van der Waals surface area contributed by atoms with Crippen molar-refractivity contribution in [1.82, 2.24) is 19.2 Å². The van der Waals surface area contributed by atoms with Crippen molar-refractivity contribution in [3.8, 4) is 0 Å². The zero-order valence-corrected chi connectivity index (χ0v) is 14.9. The van der Waals surface area contributed by atoms with Gasteiger partial charge in [-0.05, 0) is 18.6 Å². The first-order chi connectivity index (χ1) is 12.2. The van der Waals surface area contributed by atoms with Crippen LogP contribution in [0.3, 0.4) is 0 Å². The van der Waals surface area contributed by atoms with E-state index in [0.29, 0.717) is 12.2 Å². The third kappa shape index (κ3) is 3.60. The van der Waals surface area contributed by atoms with Crippen molar-refractivity contribution in [1.29, 1.82) is 0 Å². The number of aliphatic hydroxyl groups is 1. The first kappa shape index (κ1) is 17.6. The van der Waals surface area contributed by atoms with Crippen LogP contribution in [0, 0.1) is 0 Å². The van der Waals surface area contributed by atoms with E-state index in [2.05, 4.69) is 22.9 Å². The summed E-state index contributed by atoms with van der Waals surface area (Å²) in [6.45, 7) is 4.26. The monoisotopic (exact) mass is 342 g/mol. The molecule has 2 aromatic rings. The molecular formula is C19H26N4O2. The summed E-state index contributed by atoms with van der Waals surface area (Å²) in [4.78, 5) is 21.4. The van der Waals surface area contributed by atoms with E-state index in [9.17, 15) is 9.90 Å². The van der Waals surface area contributed by atoms with Crippen LogP contribution in [0.15, 0.2) is 36.5 Å². The van der Waals surface area contributed by atoms with Crippen LogP contribution in [0.4, 0.5) is 0 Å². The van der Waals surface area contributed by atoms with E-state index < -0.39 is 0 Å². The highest BCUT2D eigenvalue weighted by molar-refractivity contribution is 5.94. The molecule has 0 aliphatic carbocycles. The summed E-state index contributed by atoms with van der Waals surface area (Å²) in [5.41, 5.74) is 2.16. The Morgan fingerprint density at radius 3 is 3.04 bits per heavy atom. The number of carbonyl (C=O) groups excluding carboxylic acids is 1. The molecule has 0 saturated heterocycles. The van der Waals surface area contributed by atoms with Gasteiger partial charge in [-0.3, -0.25) is 9.69 Å². The van der Waals surface area contributed by atoms with Gasteiger partial charge >= 0.3 is 0 Å². The van der Waals surface area contributed by atoms with Crippen molar-refractivity contribution in [2.75, 3.05) is 26.7 Å². The van der Waals surface area contributed by atoms with Crippen LogP contribution in [0.2, 0.25) is 0 Å². The molecule has 0 fully saturated rings. The predicted octanol–water partition coefficient (Wildman–Crippen LogP) is 1.94. The van der Waals surface area contributed by atoms with Crippen molar-refractivity contribution in [2.45, 2.75) is 32.4 Å². The Balaban J connectivity index is 1.93. The van der Waals surface area contributed by atoms with Crippen molar-refractivity contribution < 1.29 is 9.90 Å². The van der Waals surface area contributed by atoms with E-state index in [1.165, 1.54) is 0 Å². The second-order valence-corrected chi connectivity index (χ2v) is 6.52. The SMILES string of the molecule is CCCCN(C)C(=O)c1nc2ccccn2c1CN1CC=C[C@@H]1CO. The lowest BCUT2D eigenvalue weighted by Crippen LogP contribution is -2.34. The second kappa shape index (κ2) is 7.80. The zero-order chi connectivity index (χ0) is 17.8. The molecule has 0 bridgehead atoms. The van der Waals surface area contributed by atoms with E-state index in [1.807, 2.05) is 41.9 Å². The standard InChI is InChI=1S/C19H26N4O2/c1-3-4-10-21(2)19(25)18-16(13-22-11-7-8-15(22)14-24)23-12-6-5-9-17(23)20-18/h5-9,12,15,24H,3-4,10-11,13-14H2,1-2H3/t15-/m1/s1. The van der Waals surface area contributed by atoms with Crippen molar-refractivity contribution in [3.63, 3.8) is 0 Å². The molecule has 1 amide bonds. The molecule has 0 spiro atoms. The molecule has 1 aliphatic rings. The largest absolute Gasteiger partial charge is 0.394 e. The van der Waals surface area contributed by atoms with Crippen LogP contribution < -0.4 is 0 Å². The maximum absolute atomic E-state index is 12.9. The summed E-state index contributed by atoms with van der Waals surface area (Å²) >= 11 is 0. The van der Waals surface area contributed by atoms with Crippen LogP contribution in [0.25, 0.3) is 5.65 Å². The fourth-order valence-electron chi connectivity index (χ4n) is 3.21. The number of pyridine rings is 1. The highest BCUT2D eigenvalue weighted by Crippen LogP contribution is 2.20. The summed E-state index contributed by atoms with van der Waals surface area (Å²) in [5.74, 6) is -0.0418. The number of imidazole rings is 1. The first-order valence-electron chi connectivity index (χ1n) is 8.88. The molecule has 0 saturated carbocycles. The van der Waals surface area contributed by atoms with Crippen LogP contribution in [-0.2, 0) is 6.54 Å². The van der Waals surface area contributed by atoms with Crippen molar-refractivity contribution in [2.24, 2.45) is 0 Å². The maximum atomic E-state index is 12.9. The van der Waals surface area contributed by atoms with Crippen LogP contribution >= 0.6 is 0 Å². The van der Waals surface area contributed by atoms with E-state index >= 15 is 0 Å². The lowest BCUT2D eigenvalue weighted by molar-refractivity contribution is 0.0785. The van der Waals surface area contributed by atoms with Gasteiger partial charge in [0.25, 0.3) is 5.91 Å². The van der Waals surface area contributed by atoms with Gasteiger partial charge in [0.05, 0.1) is 18.3 Å². The number of fused-ring (bicyclic) bond motifs is 1. The maximum Gasteiger partial charge on any atom is 0.274 e. The fraction of sp³-hybridized carbons (Fsp3) is 0.474. The lowest BCUT2D eigenvalue weighted by Gasteiger charge is -2.23. The van der Waals surface area contributed by atoms with E-state index in [-0.39, 0.29) is 18.6 Å². The molecule has 1 N–H and O–H groups in total. The number of nitrogens with zero attached hydrogens (tertiary/aromatic N) is 4. The molecule has 1 atom stereocenters. The van der Waals surface area contributed by atoms with E-state index in [1.54, 1.807) is 4.90 Å². The Labute approximate surface area is 148 Å². The molecular weight excluding hydrogens is 316 g/mol. The molecule has 3 rings (SSSR count). The van der Waals surface area contributed by atoms with Gasteiger partial charge in [0.2, 0.25) is 0 Å². The Bertz CT molecular complexity index is 768. The molecule has 0 radical (unpaired) electrons. The van der Waals surface area contributed by atoms with Gasteiger partial charge in [0.15, 0.2) is 5.69 Å². The number of amides is 1. The smallest absolute Gasteiger partial charge is 0.274 e. The highest BCUT2D eigenvalue weighted by atomic mass is 16.3. The zero-order valence-electron chi connectivity index (χ0n) is 14.9. The Morgan fingerprint density at radius 2 is 2.28 bits per heavy atom. The van der Waals surface area contributed by atoms with Crippen LogP contribution in [-0.4, -0.2) is 63.0 Å². The Kier molecular flexibility index (Phi) is 5.50. The highest BCUT2D eigenvalue weighted by Gasteiger charge is 2.26. The number of hydrogen-bond acceptors (Lipinski definition) is 4. The lowest BCUT2D eigenvalue weighted by atomic mass is 10.2. The number of carbonyl (C=O) groups is 1. The molecule has 6 nitrogen and oxygen atoms in total. The van der Waals surface area contributed by atoms with E-state index in [0.717, 1.165) is 37.3 Å². The second-order valence-electron chi connectivity index (χ2n) is 6.52. The molecule has 0 unspecified atom stereocenters. The topological polar surface area (TPSA) is 61.1 Å². The van der Waals surface area contributed by atoms with E-state index in [4.69, 9.17) is 0 Å². The van der Waals surface area contributed by atoms with Crippen LogP contribution in [0.1, 0.15) is 35.9 Å². The molecule has 0 aromatic carbocycles. The molecule has 3 heterocycles. The number of aromatic nitrogens is 2. The van der Waals surface area contributed by atoms with Gasteiger partial charge in [-0.25, -0.2) is 4.98 Å². The van der Waals surface area contributed by atoms with Gasteiger partial charge in [-0.15, -0.1) is 0 Å². The van der Waals surface area contributed by atoms with Gasteiger partial charge in [-0.1, -0.05) is 31.6 Å². The predicted molar refractivity (Wildman–Crippen MR) is 97.5 cm³/mol. The number of unbranched alkanes of at least 4 members (excludes halogenated alkanes) is 1. The first-order valence-corrected chi connectivity index (χ1v) is 8.88. The molecule has 134 valence electrons. The number of rotatable bonds is 7. The van der Waals surface area contributed by atoms with Gasteiger partial charge in [-0.2, -0.15) is 0 Å². The molecule has 25 heavy (non-hydrogen) atoms. The fourth-order valence-corrected chi connectivity index (χ4v) is 3.21.